The molecule has 5 heteroatoms. The fourth-order valence-electron chi connectivity index (χ4n) is 2.64. The van der Waals surface area contributed by atoms with Gasteiger partial charge in [-0.2, -0.15) is 0 Å². The van der Waals surface area contributed by atoms with Gasteiger partial charge >= 0.3 is 0 Å². The lowest BCUT2D eigenvalue weighted by molar-refractivity contribution is 0.1000. The third-order valence-corrected chi connectivity index (χ3v) is 3.54. The van der Waals surface area contributed by atoms with E-state index in [9.17, 15) is 4.79 Å². The van der Waals surface area contributed by atoms with Gasteiger partial charge in [0.05, 0.1) is 5.56 Å². The van der Waals surface area contributed by atoms with Gasteiger partial charge in [-0.25, -0.2) is 4.98 Å². The average molecular weight is 262 g/mol. The highest BCUT2D eigenvalue weighted by Gasteiger charge is 2.16. The summed E-state index contributed by atoms with van der Waals surface area (Å²) in [6, 6.07) is 2.46. The zero-order valence-corrected chi connectivity index (χ0v) is 11.6. The molecule has 1 atom stereocenters. The van der Waals surface area contributed by atoms with Crippen molar-refractivity contribution >= 4 is 11.7 Å². The zero-order chi connectivity index (χ0) is 13.8. The highest BCUT2D eigenvalue weighted by molar-refractivity contribution is 5.99. The molecule has 4 N–H and O–H groups in total. The second-order valence-electron chi connectivity index (χ2n) is 5.18. The van der Waals surface area contributed by atoms with Crippen molar-refractivity contribution in [2.24, 2.45) is 5.73 Å². The zero-order valence-electron chi connectivity index (χ0n) is 11.6. The predicted octanol–water partition coefficient (Wildman–Crippen LogP) is 1.35. The lowest BCUT2D eigenvalue weighted by atomic mass is 10.1. The van der Waals surface area contributed by atoms with Gasteiger partial charge in [0.25, 0.3) is 5.91 Å². The Labute approximate surface area is 114 Å². The minimum atomic E-state index is -0.425. The first-order chi connectivity index (χ1) is 9.08. The van der Waals surface area contributed by atoms with Gasteiger partial charge in [-0.15, -0.1) is 0 Å². The number of amides is 1. The number of hydrogen-bond acceptors (Lipinski definition) is 4. The summed E-state index contributed by atoms with van der Waals surface area (Å²) in [7, 11) is 0. The lowest BCUT2D eigenvalue weighted by Gasteiger charge is -2.14. The first-order valence-electron chi connectivity index (χ1n) is 6.83. The molecule has 0 radical (unpaired) electrons. The van der Waals surface area contributed by atoms with Gasteiger partial charge in [-0.1, -0.05) is 0 Å². The van der Waals surface area contributed by atoms with E-state index in [-0.39, 0.29) is 0 Å². The first-order valence-corrected chi connectivity index (χ1v) is 6.83. The summed E-state index contributed by atoms with van der Waals surface area (Å²) in [4.78, 5) is 15.9. The van der Waals surface area contributed by atoms with E-state index in [2.05, 4.69) is 15.6 Å². The van der Waals surface area contributed by atoms with Crippen molar-refractivity contribution in [2.45, 2.75) is 39.2 Å². The molecule has 1 amide bonds. The molecule has 2 heterocycles. The summed E-state index contributed by atoms with van der Waals surface area (Å²) in [6.45, 7) is 5.72. The Kier molecular flexibility index (Phi) is 4.37. The van der Waals surface area contributed by atoms with Gasteiger partial charge in [-0.05, 0) is 51.3 Å². The number of nitrogens with zero attached hydrogens (tertiary/aromatic N) is 1. The van der Waals surface area contributed by atoms with Crippen LogP contribution in [-0.4, -0.2) is 30.0 Å². The predicted molar refractivity (Wildman–Crippen MR) is 76.4 cm³/mol. The quantitative estimate of drug-likeness (QED) is 0.748. The summed E-state index contributed by atoms with van der Waals surface area (Å²) < 4.78 is 0. The summed E-state index contributed by atoms with van der Waals surface area (Å²) in [6.07, 6.45) is 3.51. The Hall–Kier alpha value is -1.62. The van der Waals surface area contributed by atoms with Gasteiger partial charge in [0.15, 0.2) is 0 Å². The number of nitrogens with two attached hydrogens (primary N) is 1. The maximum atomic E-state index is 11.5. The molecule has 1 aliphatic rings. The number of pyridine rings is 1. The fourth-order valence-corrected chi connectivity index (χ4v) is 2.64. The summed E-state index contributed by atoms with van der Waals surface area (Å²) in [5.41, 5.74) is 7.70. The number of carbonyl (C=O) groups excluding carboxylic acids is 1. The van der Waals surface area contributed by atoms with E-state index in [4.69, 9.17) is 5.73 Å². The molecule has 0 saturated carbocycles. The Morgan fingerprint density at radius 1 is 1.58 bits per heavy atom. The number of primary amides is 1. The Bertz CT molecular complexity index is 467. The largest absolute Gasteiger partial charge is 0.369 e. The Morgan fingerprint density at radius 3 is 3.00 bits per heavy atom. The van der Waals surface area contributed by atoms with Crippen molar-refractivity contribution in [1.82, 2.24) is 10.3 Å². The van der Waals surface area contributed by atoms with Crippen LogP contribution in [0, 0.1) is 13.8 Å². The molecule has 0 bridgehead atoms. The van der Waals surface area contributed by atoms with Crippen LogP contribution in [0.4, 0.5) is 5.82 Å². The molecule has 1 aliphatic heterocycles. The molecular formula is C14H22N4O. The van der Waals surface area contributed by atoms with Crippen LogP contribution in [0.3, 0.4) is 0 Å². The van der Waals surface area contributed by atoms with E-state index < -0.39 is 5.91 Å². The first kappa shape index (κ1) is 13.8. The van der Waals surface area contributed by atoms with Crippen molar-refractivity contribution in [3.8, 4) is 0 Å². The highest BCUT2D eigenvalue weighted by Crippen LogP contribution is 2.18. The molecule has 0 aromatic carbocycles. The van der Waals surface area contributed by atoms with E-state index in [1.54, 1.807) is 0 Å². The van der Waals surface area contributed by atoms with Crippen molar-refractivity contribution in [3.05, 3.63) is 22.9 Å². The molecule has 0 aliphatic carbocycles. The number of rotatable bonds is 5. The second-order valence-corrected chi connectivity index (χ2v) is 5.18. The molecule has 5 nitrogen and oxygen atoms in total. The molecule has 104 valence electrons. The van der Waals surface area contributed by atoms with Crippen molar-refractivity contribution in [2.75, 3.05) is 18.4 Å². The summed E-state index contributed by atoms with van der Waals surface area (Å²) in [5.74, 6) is 0.189. The Morgan fingerprint density at radius 2 is 2.37 bits per heavy atom. The SMILES string of the molecule is Cc1cc(C)c(C(N)=O)c(NCCC2CCCN2)n1. The molecule has 1 saturated heterocycles. The second kappa shape index (κ2) is 6.02. The number of aryl methyl sites for hydroxylation is 2. The van der Waals surface area contributed by atoms with E-state index in [0.717, 1.165) is 30.8 Å². The van der Waals surface area contributed by atoms with Crippen LogP contribution < -0.4 is 16.4 Å². The minimum Gasteiger partial charge on any atom is -0.369 e. The minimum absolute atomic E-state index is 0.425. The van der Waals surface area contributed by atoms with Crippen LogP contribution in [0.15, 0.2) is 6.07 Å². The van der Waals surface area contributed by atoms with Gasteiger partial charge < -0.3 is 16.4 Å². The number of hydrogen-bond donors (Lipinski definition) is 3. The van der Waals surface area contributed by atoms with Crippen LogP contribution >= 0.6 is 0 Å². The topological polar surface area (TPSA) is 80.0 Å². The van der Waals surface area contributed by atoms with Crippen molar-refractivity contribution in [3.63, 3.8) is 0 Å². The lowest BCUT2D eigenvalue weighted by Crippen LogP contribution is -2.25. The third-order valence-electron chi connectivity index (χ3n) is 3.54. The van der Waals surface area contributed by atoms with Crippen LogP contribution in [-0.2, 0) is 0 Å². The molecule has 0 spiro atoms. The van der Waals surface area contributed by atoms with Gasteiger partial charge in [0.2, 0.25) is 0 Å². The van der Waals surface area contributed by atoms with Crippen LogP contribution in [0.1, 0.15) is 40.9 Å². The molecule has 2 rings (SSSR count). The molecular weight excluding hydrogens is 240 g/mol. The summed E-state index contributed by atoms with van der Waals surface area (Å²) >= 11 is 0. The molecule has 1 fully saturated rings. The highest BCUT2D eigenvalue weighted by atomic mass is 16.1. The van der Waals surface area contributed by atoms with Gasteiger partial charge in [0, 0.05) is 18.3 Å². The molecule has 1 aromatic rings. The normalized spacial score (nSPS) is 18.5. The van der Waals surface area contributed by atoms with Crippen molar-refractivity contribution < 1.29 is 4.79 Å². The molecule has 19 heavy (non-hydrogen) atoms. The number of nitrogens with one attached hydrogen (secondary N) is 2. The van der Waals surface area contributed by atoms with Crippen LogP contribution in [0.5, 0.6) is 0 Å². The fraction of sp³-hybridized carbons (Fsp3) is 0.571. The summed E-state index contributed by atoms with van der Waals surface area (Å²) in [5, 5.41) is 6.70. The maximum Gasteiger partial charge on any atom is 0.252 e. The maximum absolute atomic E-state index is 11.5. The van der Waals surface area contributed by atoms with E-state index in [1.165, 1.54) is 12.8 Å². The third kappa shape index (κ3) is 3.44. The van der Waals surface area contributed by atoms with E-state index in [1.807, 2.05) is 19.9 Å². The monoisotopic (exact) mass is 262 g/mol. The number of aromatic nitrogens is 1. The van der Waals surface area contributed by atoms with Crippen molar-refractivity contribution in [1.29, 1.82) is 0 Å². The van der Waals surface area contributed by atoms with Crippen LogP contribution in [0.25, 0.3) is 0 Å². The standard InChI is InChI=1S/C14H22N4O/c1-9-8-10(2)18-14(12(9)13(15)19)17-7-5-11-4-3-6-16-11/h8,11,16H,3-7H2,1-2H3,(H2,15,19)(H,17,18). The van der Waals surface area contributed by atoms with Crippen LogP contribution in [0.2, 0.25) is 0 Å². The number of carbonyl (C=O) groups is 1. The Balaban J connectivity index is 2.03. The molecule has 1 unspecified atom stereocenters. The smallest absolute Gasteiger partial charge is 0.252 e. The average Bonchev–Trinajstić information content (AvgIpc) is 2.80. The van der Waals surface area contributed by atoms with Gasteiger partial charge in [0.1, 0.15) is 5.82 Å². The molecule has 1 aromatic heterocycles. The van der Waals surface area contributed by atoms with E-state index in [0.29, 0.717) is 17.4 Å². The van der Waals surface area contributed by atoms with Gasteiger partial charge in [-0.3, -0.25) is 4.79 Å². The number of anilines is 1. The van der Waals surface area contributed by atoms with E-state index >= 15 is 0 Å².